The van der Waals surface area contributed by atoms with Crippen molar-refractivity contribution in [3.63, 3.8) is 0 Å². The number of carboxylic acid groups (broad SMARTS) is 1. The van der Waals surface area contributed by atoms with Gasteiger partial charge in [0.25, 0.3) is 0 Å². The third-order valence-corrected chi connectivity index (χ3v) is 3.82. The van der Waals surface area contributed by atoms with Gasteiger partial charge in [0.05, 0.1) is 0 Å². The molecule has 17 heavy (non-hydrogen) atoms. The topological polar surface area (TPSA) is 60.9 Å². The molecule has 1 unspecified atom stereocenters. The lowest BCUT2D eigenvalue weighted by Gasteiger charge is -2.34. The number of carbonyl (C=O) groups is 2. The van der Waals surface area contributed by atoms with Crippen molar-refractivity contribution in [1.29, 1.82) is 0 Å². The van der Waals surface area contributed by atoms with E-state index in [1.165, 1.54) is 9.80 Å². The monoisotopic (exact) mass is 254 g/mol. The molecule has 6 heteroatoms. The highest BCUT2D eigenvalue weighted by Crippen LogP contribution is 2.33. The molecule has 0 radical (unpaired) electrons. The second-order valence-electron chi connectivity index (χ2n) is 4.16. The van der Waals surface area contributed by atoms with Gasteiger partial charge in [-0.15, -0.1) is 11.3 Å². The van der Waals surface area contributed by atoms with E-state index in [1.807, 2.05) is 5.38 Å². The second-order valence-corrected chi connectivity index (χ2v) is 5.16. The third-order valence-electron chi connectivity index (χ3n) is 2.83. The summed E-state index contributed by atoms with van der Waals surface area (Å²) in [5.41, 5.74) is 0.754. The Morgan fingerprint density at radius 2 is 2.24 bits per heavy atom. The van der Waals surface area contributed by atoms with Crippen LogP contribution in [-0.4, -0.2) is 47.5 Å². The van der Waals surface area contributed by atoms with E-state index in [0.717, 1.165) is 16.9 Å². The van der Waals surface area contributed by atoms with E-state index in [1.54, 1.807) is 31.5 Å². The van der Waals surface area contributed by atoms with Crippen LogP contribution in [0.25, 0.3) is 0 Å². The number of thiophene rings is 1. The van der Waals surface area contributed by atoms with Crippen LogP contribution in [0, 0.1) is 0 Å². The molecule has 1 N–H and O–H groups in total. The van der Waals surface area contributed by atoms with Gasteiger partial charge < -0.3 is 14.9 Å². The number of carbonyl (C=O) groups excluding carboxylic acids is 1. The minimum atomic E-state index is -0.973. The maximum Gasteiger partial charge on any atom is 0.331 e. The van der Waals surface area contributed by atoms with Crippen LogP contribution in [0.2, 0.25) is 0 Å². The molecule has 0 aromatic carbocycles. The summed E-state index contributed by atoms with van der Waals surface area (Å²) < 4.78 is 0. The van der Waals surface area contributed by atoms with Crippen LogP contribution in [0.1, 0.15) is 16.5 Å². The molecule has 1 aliphatic heterocycles. The Bertz CT molecular complexity index is 455. The molecule has 1 aromatic rings. The smallest absolute Gasteiger partial charge is 0.331 e. The van der Waals surface area contributed by atoms with Crippen LogP contribution >= 0.6 is 11.3 Å². The summed E-state index contributed by atoms with van der Waals surface area (Å²) in [6, 6.07) is 0.697. The zero-order valence-corrected chi connectivity index (χ0v) is 10.5. The molecule has 2 amide bonds. The molecular formula is C11H14N2O3S. The van der Waals surface area contributed by atoms with Gasteiger partial charge in [-0.1, -0.05) is 0 Å². The highest BCUT2D eigenvalue weighted by molar-refractivity contribution is 7.10. The predicted octanol–water partition coefficient (Wildman–Crippen LogP) is 1.41. The number of hydrogen-bond acceptors (Lipinski definition) is 3. The van der Waals surface area contributed by atoms with Crippen molar-refractivity contribution in [2.75, 3.05) is 20.6 Å². The van der Waals surface area contributed by atoms with Crippen LogP contribution in [0.3, 0.4) is 0 Å². The fraction of sp³-hybridized carbons (Fsp3) is 0.455. The minimum Gasteiger partial charge on any atom is -0.479 e. The van der Waals surface area contributed by atoms with Gasteiger partial charge in [-0.2, -0.15) is 0 Å². The number of hydrogen-bond donors (Lipinski definition) is 1. The van der Waals surface area contributed by atoms with E-state index >= 15 is 0 Å². The Kier molecular flexibility index (Phi) is 3.06. The first-order valence-corrected chi connectivity index (χ1v) is 6.17. The number of rotatable bonds is 1. The molecule has 0 spiro atoms. The molecule has 2 heterocycles. The number of urea groups is 1. The van der Waals surface area contributed by atoms with Gasteiger partial charge in [0.2, 0.25) is 0 Å². The number of amides is 2. The summed E-state index contributed by atoms with van der Waals surface area (Å²) in [5.74, 6) is -0.973. The molecule has 1 atom stereocenters. The average Bonchev–Trinajstić information content (AvgIpc) is 2.73. The van der Waals surface area contributed by atoms with Crippen molar-refractivity contribution >= 4 is 23.3 Å². The molecule has 1 aromatic heterocycles. The molecule has 2 rings (SSSR count). The molecule has 5 nitrogen and oxygen atoms in total. The van der Waals surface area contributed by atoms with Crippen LogP contribution in [0.5, 0.6) is 0 Å². The minimum absolute atomic E-state index is 0.255. The van der Waals surface area contributed by atoms with Crippen molar-refractivity contribution in [1.82, 2.24) is 9.80 Å². The number of carboxylic acids is 1. The van der Waals surface area contributed by atoms with Crippen molar-refractivity contribution in [2.24, 2.45) is 0 Å². The van der Waals surface area contributed by atoms with E-state index in [0.29, 0.717) is 6.54 Å². The quantitative estimate of drug-likeness (QED) is 0.824. The SMILES string of the molecule is CN(C)C(=O)N1CCc2sccc2C1C(=O)O. The molecule has 0 bridgehead atoms. The maximum atomic E-state index is 11.9. The van der Waals surface area contributed by atoms with Gasteiger partial charge in [0, 0.05) is 25.5 Å². The number of nitrogens with zero attached hydrogens (tertiary/aromatic N) is 2. The number of aliphatic carboxylic acids is 1. The predicted molar refractivity (Wildman–Crippen MR) is 64.2 cm³/mol. The van der Waals surface area contributed by atoms with Crippen molar-refractivity contribution in [2.45, 2.75) is 12.5 Å². The summed E-state index contributed by atoms with van der Waals surface area (Å²) in [6.07, 6.45) is 0.732. The lowest BCUT2D eigenvalue weighted by molar-refractivity contribution is -0.142. The molecule has 0 aliphatic carbocycles. The van der Waals surface area contributed by atoms with Crippen LogP contribution < -0.4 is 0 Å². The molecule has 0 fully saturated rings. The van der Waals surface area contributed by atoms with Crippen LogP contribution in [-0.2, 0) is 11.2 Å². The second kappa shape index (κ2) is 4.37. The molecular weight excluding hydrogens is 240 g/mol. The lowest BCUT2D eigenvalue weighted by atomic mass is 10.0. The molecule has 0 saturated heterocycles. The highest BCUT2D eigenvalue weighted by Gasteiger charge is 2.37. The average molecular weight is 254 g/mol. The highest BCUT2D eigenvalue weighted by atomic mass is 32.1. The van der Waals surface area contributed by atoms with E-state index in [2.05, 4.69) is 0 Å². The first-order chi connectivity index (χ1) is 8.02. The van der Waals surface area contributed by atoms with E-state index in [9.17, 15) is 14.7 Å². The normalized spacial score (nSPS) is 18.7. The summed E-state index contributed by atoms with van der Waals surface area (Å²) in [4.78, 5) is 27.2. The van der Waals surface area contributed by atoms with Crippen molar-refractivity contribution in [3.8, 4) is 0 Å². The third kappa shape index (κ3) is 2.00. The van der Waals surface area contributed by atoms with E-state index < -0.39 is 12.0 Å². The van der Waals surface area contributed by atoms with Gasteiger partial charge in [0.15, 0.2) is 6.04 Å². The van der Waals surface area contributed by atoms with Gasteiger partial charge >= 0.3 is 12.0 Å². The summed E-state index contributed by atoms with van der Waals surface area (Å²) >= 11 is 1.55. The Hall–Kier alpha value is -1.56. The fourth-order valence-electron chi connectivity index (χ4n) is 2.05. The molecule has 1 aliphatic rings. The van der Waals surface area contributed by atoms with Gasteiger partial charge in [-0.3, -0.25) is 0 Å². The van der Waals surface area contributed by atoms with Gasteiger partial charge in [0.1, 0.15) is 0 Å². The van der Waals surface area contributed by atoms with Crippen molar-refractivity contribution < 1.29 is 14.7 Å². The molecule has 0 saturated carbocycles. The first kappa shape index (κ1) is 11.9. The Morgan fingerprint density at radius 1 is 1.53 bits per heavy atom. The Labute approximate surface area is 103 Å². The standard InChI is InChI=1S/C11H14N2O3S/c1-12(2)11(16)13-5-3-8-7(4-6-17-8)9(13)10(14)15/h4,6,9H,3,5H2,1-2H3,(H,14,15). The fourth-order valence-corrected chi connectivity index (χ4v) is 2.95. The maximum absolute atomic E-state index is 11.9. The largest absolute Gasteiger partial charge is 0.479 e. The molecule has 92 valence electrons. The Morgan fingerprint density at radius 3 is 2.82 bits per heavy atom. The number of fused-ring (bicyclic) bond motifs is 1. The Balaban J connectivity index is 2.37. The van der Waals surface area contributed by atoms with E-state index in [-0.39, 0.29) is 6.03 Å². The summed E-state index contributed by atoms with van der Waals surface area (Å²) in [5, 5.41) is 11.2. The van der Waals surface area contributed by atoms with Crippen molar-refractivity contribution in [3.05, 3.63) is 21.9 Å². The van der Waals surface area contributed by atoms with Gasteiger partial charge in [-0.25, -0.2) is 9.59 Å². The summed E-state index contributed by atoms with van der Waals surface area (Å²) in [7, 11) is 3.26. The first-order valence-electron chi connectivity index (χ1n) is 5.29. The van der Waals surface area contributed by atoms with Crippen LogP contribution in [0.15, 0.2) is 11.4 Å². The van der Waals surface area contributed by atoms with Crippen LogP contribution in [0.4, 0.5) is 4.79 Å². The zero-order chi connectivity index (χ0) is 12.6. The zero-order valence-electron chi connectivity index (χ0n) is 9.71. The van der Waals surface area contributed by atoms with Gasteiger partial charge in [-0.05, 0) is 23.4 Å². The summed E-state index contributed by atoms with van der Waals surface area (Å²) in [6.45, 7) is 0.460. The lowest BCUT2D eigenvalue weighted by Crippen LogP contribution is -2.47. The van der Waals surface area contributed by atoms with E-state index in [4.69, 9.17) is 0 Å².